The van der Waals surface area contributed by atoms with Gasteiger partial charge in [-0.05, 0) is 55.8 Å². The van der Waals surface area contributed by atoms with Gasteiger partial charge in [-0.1, -0.05) is 65.4 Å². The Labute approximate surface area is 184 Å². The highest BCUT2D eigenvalue weighted by Crippen LogP contribution is 2.32. The number of thiazole rings is 1. The number of amides is 1. The Morgan fingerprint density at radius 3 is 2.37 bits per heavy atom. The first-order valence-corrected chi connectivity index (χ1v) is 10.8. The molecule has 0 aliphatic rings. The molecule has 0 spiro atoms. The van der Waals surface area contributed by atoms with E-state index in [0.717, 1.165) is 15.8 Å². The fourth-order valence-electron chi connectivity index (χ4n) is 3.13. The van der Waals surface area contributed by atoms with E-state index < -0.39 is 5.60 Å². The van der Waals surface area contributed by atoms with Crippen molar-refractivity contribution in [2.24, 2.45) is 0 Å². The van der Waals surface area contributed by atoms with E-state index >= 15 is 0 Å². The number of anilines is 1. The Kier molecular flexibility index (Phi) is 5.75. The minimum absolute atomic E-state index is 0.166. The molecule has 0 fully saturated rings. The van der Waals surface area contributed by atoms with Crippen LogP contribution in [0.1, 0.15) is 19.4 Å². The average Bonchev–Trinajstić information content (AvgIpc) is 3.18. The highest BCUT2D eigenvalue weighted by atomic mass is 35.5. The zero-order valence-corrected chi connectivity index (χ0v) is 18.3. The molecule has 0 radical (unpaired) electrons. The van der Waals surface area contributed by atoms with Gasteiger partial charge in [-0.15, -0.1) is 0 Å². The summed E-state index contributed by atoms with van der Waals surface area (Å²) >= 11 is 7.47. The number of para-hydroxylation sites is 1. The number of rotatable bonds is 6. The highest BCUT2D eigenvalue weighted by Gasteiger charge is 2.36. The first-order valence-electron chi connectivity index (χ1n) is 9.58. The van der Waals surface area contributed by atoms with Crippen LogP contribution in [0.5, 0.6) is 5.75 Å². The molecule has 152 valence electrons. The monoisotopic (exact) mass is 436 g/mol. The predicted molar refractivity (Wildman–Crippen MR) is 123 cm³/mol. The Morgan fingerprint density at radius 2 is 1.67 bits per heavy atom. The van der Waals surface area contributed by atoms with Crippen molar-refractivity contribution in [2.75, 3.05) is 4.90 Å². The lowest BCUT2D eigenvalue weighted by molar-refractivity contribution is -0.131. The van der Waals surface area contributed by atoms with E-state index in [2.05, 4.69) is 0 Å². The maximum absolute atomic E-state index is 13.7. The topological polar surface area (TPSA) is 42.4 Å². The maximum Gasteiger partial charge on any atom is 0.272 e. The van der Waals surface area contributed by atoms with Crippen LogP contribution < -0.4 is 9.64 Å². The number of nitrogens with zero attached hydrogens (tertiary/aromatic N) is 2. The third kappa shape index (κ3) is 4.48. The van der Waals surface area contributed by atoms with Gasteiger partial charge in [0.05, 0.1) is 16.8 Å². The Balaban J connectivity index is 1.68. The van der Waals surface area contributed by atoms with Crippen LogP contribution in [-0.4, -0.2) is 16.5 Å². The van der Waals surface area contributed by atoms with Gasteiger partial charge in [0, 0.05) is 5.02 Å². The molecule has 4 rings (SSSR count). The van der Waals surface area contributed by atoms with Crippen molar-refractivity contribution < 1.29 is 9.53 Å². The standard InChI is InChI=1S/C24H21ClN2O2S/c1-24(2,29-19-14-12-18(25)13-15-19)22(28)27(16-17-8-4-3-5-9-17)23-26-20-10-6-7-11-21(20)30-23/h3-15H,16H2,1-2H3. The first kappa shape index (κ1) is 20.4. The van der Waals surface area contributed by atoms with Gasteiger partial charge in [-0.25, -0.2) is 4.98 Å². The minimum atomic E-state index is -1.10. The van der Waals surface area contributed by atoms with Crippen LogP contribution >= 0.6 is 22.9 Å². The van der Waals surface area contributed by atoms with Crippen LogP contribution in [0.2, 0.25) is 5.02 Å². The van der Waals surface area contributed by atoms with E-state index in [0.29, 0.717) is 22.4 Å². The number of halogens is 1. The van der Waals surface area contributed by atoms with E-state index in [9.17, 15) is 4.79 Å². The Bertz CT molecular complexity index is 1120. The van der Waals surface area contributed by atoms with Gasteiger partial charge in [-0.3, -0.25) is 9.69 Å². The second kappa shape index (κ2) is 8.46. The largest absolute Gasteiger partial charge is 0.478 e. The van der Waals surface area contributed by atoms with Crippen LogP contribution in [-0.2, 0) is 11.3 Å². The van der Waals surface area contributed by atoms with Crippen molar-refractivity contribution in [3.63, 3.8) is 0 Å². The average molecular weight is 437 g/mol. The fraction of sp³-hybridized carbons (Fsp3) is 0.167. The lowest BCUT2D eigenvalue weighted by Crippen LogP contribution is -2.48. The lowest BCUT2D eigenvalue weighted by atomic mass is 10.1. The maximum atomic E-state index is 13.7. The summed E-state index contributed by atoms with van der Waals surface area (Å²) in [6, 6.07) is 24.8. The molecule has 3 aromatic carbocycles. The molecule has 6 heteroatoms. The molecule has 0 unspecified atom stereocenters. The number of fused-ring (bicyclic) bond motifs is 1. The number of benzene rings is 3. The molecular weight excluding hydrogens is 416 g/mol. The van der Waals surface area contributed by atoms with E-state index in [1.165, 1.54) is 11.3 Å². The van der Waals surface area contributed by atoms with Gasteiger partial charge >= 0.3 is 0 Å². The van der Waals surface area contributed by atoms with Gasteiger partial charge in [0.25, 0.3) is 5.91 Å². The molecule has 0 aliphatic heterocycles. The Hall–Kier alpha value is -2.89. The SMILES string of the molecule is CC(C)(Oc1ccc(Cl)cc1)C(=O)N(Cc1ccccc1)c1nc2ccccc2s1. The molecule has 0 N–H and O–H groups in total. The minimum Gasteiger partial charge on any atom is -0.478 e. The van der Waals surface area contributed by atoms with Crippen molar-refractivity contribution in [3.05, 3.63) is 89.4 Å². The number of aromatic nitrogens is 1. The van der Waals surface area contributed by atoms with Gasteiger partial charge in [0.2, 0.25) is 0 Å². The predicted octanol–water partition coefficient (Wildman–Crippen LogP) is 6.34. The second-order valence-corrected chi connectivity index (χ2v) is 8.85. The van der Waals surface area contributed by atoms with Crippen LogP contribution in [0.4, 0.5) is 5.13 Å². The smallest absolute Gasteiger partial charge is 0.272 e. The lowest BCUT2D eigenvalue weighted by Gasteiger charge is -2.31. The van der Waals surface area contributed by atoms with E-state index in [1.807, 2.05) is 54.6 Å². The summed E-state index contributed by atoms with van der Waals surface area (Å²) in [5, 5.41) is 1.27. The zero-order valence-electron chi connectivity index (χ0n) is 16.7. The first-order chi connectivity index (χ1) is 14.4. The number of ether oxygens (including phenoxy) is 1. The summed E-state index contributed by atoms with van der Waals surface area (Å²) < 4.78 is 7.10. The number of hydrogen-bond acceptors (Lipinski definition) is 4. The Morgan fingerprint density at radius 1 is 1.00 bits per heavy atom. The van der Waals surface area contributed by atoms with Crippen molar-refractivity contribution in [1.82, 2.24) is 4.98 Å². The van der Waals surface area contributed by atoms with Crippen LogP contribution in [0.3, 0.4) is 0 Å². The quantitative estimate of drug-likeness (QED) is 0.354. The molecule has 1 aromatic heterocycles. The molecule has 4 aromatic rings. The van der Waals surface area contributed by atoms with E-state index in [-0.39, 0.29) is 5.91 Å². The van der Waals surface area contributed by atoms with Crippen LogP contribution in [0, 0.1) is 0 Å². The number of carbonyl (C=O) groups excluding carboxylic acids is 1. The second-order valence-electron chi connectivity index (χ2n) is 7.41. The molecular formula is C24H21ClN2O2S. The third-order valence-corrected chi connectivity index (χ3v) is 5.96. The van der Waals surface area contributed by atoms with E-state index in [1.54, 1.807) is 43.0 Å². The van der Waals surface area contributed by atoms with Gasteiger partial charge in [0.15, 0.2) is 10.7 Å². The summed E-state index contributed by atoms with van der Waals surface area (Å²) in [6.07, 6.45) is 0. The van der Waals surface area contributed by atoms with Crippen molar-refractivity contribution >= 4 is 44.2 Å². The summed E-state index contributed by atoms with van der Waals surface area (Å²) in [7, 11) is 0. The molecule has 0 saturated carbocycles. The zero-order chi connectivity index (χ0) is 21.1. The van der Waals surface area contributed by atoms with Crippen LogP contribution in [0.25, 0.3) is 10.2 Å². The molecule has 30 heavy (non-hydrogen) atoms. The number of hydrogen-bond donors (Lipinski definition) is 0. The molecule has 0 aliphatic carbocycles. The van der Waals surface area contributed by atoms with Crippen molar-refractivity contribution in [2.45, 2.75) is 26.0 Å². The van der Waals surface area contributed by atoms with Crippen molar-refractivity contribution in [1.29, 1.82) is 0 Å². The summed E-state index contributed by atoms with van der Waals surface area (Å²) in [5.41, 5.74) is 0.799. The van der Waals surface area contributed by atoms with Gasteiger partial charge in [-0.2, -0.15) is 0 Å². The van der Waals surface area contributed by atoms with E-state index in [4.69, 9.17) is 21.3 Å². The van der Waals surface area contributed by atoms with Crippen LogP contribution in [0.15, 0.2) is 78.9 Å². The van der Waals surface area contributed by atoms with Gasteiger partial charge < -0.3 is 4.74 Å². The fourth-order valence-corrected chi connectivity index (χ4v) is 4.22. The molecule has 1 heterocycles. The molecule has 1 amide bonds. The molecule has 0 atom stereocenters. The molecule has 0 saturated heterocycles. The number of carbonyl (C=O) groups is 1. The summed E-state index contributed by atoms with van der Waals surface area (Å²) in [4.78, 5) is 20.1. The normalized spacial score (nSPS) is 11.4. The highest BCUT2D eigenvalue weighted by molar-refractivity contribution is 7.22. The van der Waals surface area contributed by atoms with Crippen molar-refractivity contribution in [3.8, 4) is 5.75 Å². The third-order valence-electron chi connectivity index (χ3n) is 4.64. The molecule has 0 bridgehead atoms. The van der Waals surface area contributed by atoms with Gasteiger partial charge in [0.1, 0.15) is 5.75 Å². The molecule has 4 nitrogen and oxygen atoms in total. The summed E-state index contributed by atoms with van der Waals surface area (Å²) in [6.45, 7) is 3.96. The summed E-state index contributed by atoms with van der Waals surface area (Å²) in [5.74, 6) is 0.419.